The molecule has 0 saturated carbocycles. The second kappa shape index (κ2) is 6.18. The van der Waals surface area contributed by atoms with Crippen LogP contribution >= 0.6 is 11.3 Å². The van der Waals surface area contributed by atoms with Crippen LogP contribution in [0, 0.1) is 0 Å². The van der Waals surface area contributed by atoms with Crippen LogP contribution in [0.25, 0.3) is 0 Å². The molecule has 0 radical (unpaired) electrons. The molecule has 0 aliphatic rings. The quantitative estimate of drug-likeness (QED) is 0.693. The van der Waals surface area contributed by atoms with Crippen molar-refractivity contribution in [2.24, 2.45) is 0 Å². The molecule has 0 aliphatic heterocycles. The zero-order valence-corrected chi connectivity index (χ0v) is 10.4. The molecule has 1 heterocycles. The smallest absolute Gasteiger partial charge is 0.0931 e. The van der Waals surface area contributed by atoms with Crippen LogP contribution in [0.15, 0.2) is 0 Å². The van der Waals surface area contributed by atoms with Crippen LogP contribution in [-0.2, 0) is 19.3 Å². The van der Waals surface area contributed by atoms with Gasteiger partial charge in [-0.25, -0.2) is 4.98 Å². The van der Waals surface area contributed by atoms with Gasteiger partial charge >= 0.3 is 0 Å². The van der Waals surface area contributed by atoms with Crippen molar-refractivity contribution in [3.63, 3.8) is 0 Å². The van der Waals surface area contributed by atoms with Crippen LogP contribution in [-0.4, -0.2) is 4.98 Å². The molecule has 0 saturated heterocycles. The predicted octanol–water partition coefficient (Wildman–Crippen LogP) is 4.00. The van der Waals surface area contributed by atoms with Crippen LogP contribution in [0.5, 0.6) is 0 Å². The Morgan fingerprint density at radius 3 is 2.14 bits per heavy atom. The number of aryl methyl sites for hydroxylation is 3. The highest BCUT2D eigenvalue weighted by Crippen LogP contribution is 2.22. The van der Waals surface area contributed by atoms with Crippen molar-refractivity contribution in [3.8, 4) is 0 Å². The summed E-state index contributed by atoms with van der Waals surface area (Å²) in [5, 5.41) is 1.35. The van der Waals surface area contributed by atoms with Gasteiger partial charge in [-0.2, -0.15) is 0 Å². The molecule has 0 atom stereocenters. The van der Waals surface area contributed by atoms with Gasteiger partial charge in [0.1, 0.15) is 0 Å². The number of rotatable bonds is 6. The highest BCUT2D eigenvalue weighted by molar-refractivity contribution is 7.11. The van der Waals surface area contributed by atoms with E-state index in [-0.39, 0.29) is 0 Å². The maximum absolute atomic E-state index is 4.73. The molecule has 14 heavy (non-hydrogen) atoms. The summed E-state index contributed by atoms with van der Waals surface area (Å²) in [6.45, 7) is 6.70. The standard InChI is InChI=1S/C12H21NS/c1-4-7-10-11(8-5-2)14-12(13-10)9-6-3/h4-9H2,1-3H3. The van der Waals surface area contributed by atoms with E-state index in [2.05, 4.69) is 20.8 Å². The van der Waals surface area contributed by atoms with Crippen molar-refractivity contribution in [1.29, 1.82) is 0 Å². The lowest BCUT2D eigenvalue weighted by Gasteiger charge is -1.96. The molecule has 2 heteroatoms. The molecule has 1 aromatic rings. The first-order valence-electron chi connectivity index (χ1n) is 5.79. The number of hydrogen-bond donors (Lipinski definition) is 0. The minimum atomic E-state index is 1.16. The second-order valence-corrected chi connectivity index (χ2v) is 4.90. The van der Waals surface area contributed by atoms with Gasteiger partial charge in [-0.15, -0.1) is 11.3 Å². The molecule has 1 nitrogen and oxygen atoms in total. The van der Waals surface area contributed by atoms with E-state index in [1.165, 1.54) is 41.3 Å². The van der Waals surface area contributed by atoms with Crippen LogP contribution in [0.1, 0.15) is 55.6 Å². The Hall–Kier alpha value is -0.370. The van der Waals surface area contributed by atoms with E-state index in [1.807, 2.05) is 11.3 Å². The zero-order chi connectivity index (χ0) is 10.4. The van der Waals surface area contributed by atoms with Crippen molar-refractivity contribution in [3.05, 3.63) is 15.6 Å². The van der Waals surface area contributed by atoms with Crippen molar-refractivity contribution in [2.75, 3.05) is 0 Å². The van der Waals surface area contributed by atoms with E-state index in [0.717, 1.165) is 12.8 Å². The summed E-state index contributed by atoms with van der Waals surface area (Å²) in [5.41, 5.74) is 1.38. The summed E-state index contributed by atoms with van der Waals surface area (Å²) < 4.78 is 0. The molecule has 1 aromatic heterocycles. The molecule has 0 aromatic carbocycles. The number of hydrogen-bond acceptors (Lipinski definition) is 2. The lowest BCUT2D eigenvalue weighted by atomic mass is 10.2. The van der Waals surface area contributed by atoms with E-state index < -0.39 is 0 Å². The van der Waals surface area contributed by atoms with Crippen molar-refractivity contribution >= 4 is 11.3 Å². The molecular weight excluding hydrogens is 190 g/mol. The van der Waals surface area contributed by atoms with Crippen LogP contribution in [0.4, 0.5) is 0 Å². The molecule has 0 unspecified atom stereocenters. The number of thiazole rings is 1. The van der Waals surface area contributed by atoms with E-state index in [1.54, 1.807) is 0 Å². The van der Waals surface area contributed by atoms with Crippen molar-refractivity contribution < 1.29 is 0 Å². The van der Waals surface area contributed by atoms with Crippen LogP contribution in [0.3, 0.4) is 0 Å². The maximum Gasteiger partial charge on any atom is 0.0931 e. The Labute approximate surface area is 91.6 Å². The molecule has 80 valence electrons. The Bertz CT molecular complexity index is 242. The normalized spacial score (nSPS) is 10.8. The lowest BCUT2D eigenvalue weighted by Crippen LogP contribution is -1.90. The number of nitrogens with zero attached hydrogens (tertiary/aromatic N) is 1. The van der Waals surface area contributed by atoms with Gasteiger partial charge in [0, 0.05) is 4.88 Å². The first kappa shape index (κ1) is 11.7. The van der Waals surface area contributed by atoms with E-state index in [9.17, 15) is 0 Å². The molecule has 1 rings (SSSR count). The summed E-state index contributed by atoms with van der Waals surface area (Å²) in [6.07, 6.45) is 7.21. The maximum atomic E-state index is 4.73. The SMILES string of the molecule is CCCc1nc(CCC)c(CCC)s1. The lowest BCUT2D eigenvalue weighted by molar-refractivity contribution is 0.833. The molecular formula is C12H21NS. The molecule has 0 spiro atoms. The summed E-state index contributed by atoms with van der Waals surface area (Å²) >= 11 is 1.94. The van der Waals surface area contributed by atoms with Gasteiger partial charge in [-0.1, -0.05) is 33.6 Å². The Morgan fingerprint density at radius 2 is 1.57 bits per heavy atom. The van der Waals surface area contributed by atoms with Gasteiger partial charge in [0.15, 0.2) is 0 Å². The topological polar surface area (TPSA) is 12.9 Å². The number of aromatic nitrogens is 1. The molecule has 0 bridgehead atoms. The van der Waals surface area contributed by atoms with Gasteiger partial charge < -0.3 is 0 Å². The largest absolute Gasteiger partial charge is 0.246 e. The highest BCUT2D eigenvalue weighted by Gasteiger charge is 2.08. The van der Waals surface area contributed by atoms with E-state index >= 15 is 0 Å². The minimum absolute atomic E-state index is 1.16. The molecule has 0 aliphatic carbocycles. The summed E-state index contributed by atoms with van der Waals surface area (Å²) in [6, 6.07) is 0. The second-order valence-electron chi connectivity index (χ2n) is 3.73. The van der Waals surface area contributed by atoms with Crippen LogP contribution in [0.2, 0.25) is 0 Å². The summed E-state index contributed by atoms with van der Waals surface area (Å²) in [7, 11) is 0. The van der Waals surface area contributed by atoms with Crippen molar-refractivity contribution in [2.45, 2.75) is 59.3 Å². The van der Waals surface area contributed by atoms with Gasteiger partial charge in [0.05, 0.1) is 10.7 Å². The van der Waals surface area contributed by atoms with Crippen molar-refractivity contribution in [1.82, 2.24) is 4.98 Å². The van der Waals surface area contributed by atoms with Crippen LogP contribution < -0.4 is 0 Å². The minimum Gasteiger partial charge on any atom is -0.246 e. The first-order chi connectivity index (χ1) is 6.81. The fourth-order valence-electron chi connectivity index (χ4n) is 1.61. The Balaban J connectivity index is 2.76. The average Bonchev–Trinajstić information content (AvgIpc) is 2.50. The molecule has 0 fully saturated rings. The molecule has 0 amide bonds. The predicted molar refractivity (Wildman–Crippen MR) is 64.1 cm³/mol. The summed E-state index contributed by atoms with van der Waals surface area (Å²) in [5.74, 6) is 0. The third-order valence-electron chi connectivity index (χ3n) is 2.25. The Morgan fingerprint density at radius 1 is 0.929 bits per heavy atom. The third-order valence-corrected chi connectivity index (χ3v) is 3.47. The Kier molecular flexibility index (Phi) is 5.16. The van der Waals surface area contributed by atoms with Gasteiger partial charge in [-0.3, -0.25) is 0 Å². The van der Waals surface area contributed by atoms with E-state index in [4.69, 9.17) is 4.98 Å². The third kappa shape index (κ3) is 3.09. The highest BCUT2D eigenvalue weighted by atomic mass is 32.1. The fraction of sp³-hybridized carbons (Fsp3) is 0.750. The fourth-order valence-corrected chi connectivity index (χ4v) is 2.93. The van der Waals surface area contributed by atoms with Gasteiger partial charge in [0.2, 0.25) is 0 Å². The van der Waals surface area contributed by atoms with Gasteiger partial charge in [0.25, 0.3) is 0 Å². The van der Waals surface area contributed by atoms with Gasteiger partial charge in [-0.05, 0) is 25.7 Å². The zero-order valence-electron chi connectivity index (χ0n) is 9.60. The summed E-state index contributed by atoms with van der Waals surface area (Å²) in [4.78, 5) is 6.27. The monoisotopic (exact) mass is 211 g/mol. The average molecular weight is 211 g/mol. The molecule has 0 N–H and O–H groups in total. The van der Waals surface area contributed by atoms with E-state index in [0.29, 0.717) is 0 Å². The first-order valence-corrected chi connectivity index (χ1v) is 6.60.